The highest BCUT2D eigenvalue weighted by molar-refractivity contribution is 5.35. The highest BCUT2D eigenvalue weighted by atomic mass is 15.3. The molecule has 1 saturated heterocycles. The lowest BCUT2D eigenvalue weighted by Crippen LogP contribution is -2.46. The molecule has 0 atom stereocenters. The Morgan fingerprint density at radius 3 is 2.43 bits per heavy atom. The third-order valence-corrected chi connectivity index (χ3v) is 3.88. The summed E-state index contributed by atoms with van der Waals surface area (Å²) in [5.41, 5.74) is 1.31. The van der Waals surface area contributed by atoms with Gasteiger partial charge in [0.05, 0.1) is 0 Å². The summed E-state index contributed by atoms with van der Waals surface area (Å²) in [6.45, 7) is 14.7. The number of hydrogen-bond donors (Lipinski definition) is 1. The van der Waals surface area contributed by atoms with Gasteiger partial charge in [-0.25, -0.2) is 4.98 Å². The monoisotopic (exact) mass is 290 g/mol. The summed E-state index contributed by atoms with van der Waals surface area (Å²) in [5, 5.41) is 3.32. The molecule has 0 unspecified atom stereocenters. The molecule has 0 amide bonds. The van der Waals surface area contributed by atoms with E-state index in [-0.39, 0.29) is 0 Å². The first-order chi connectivity index (χ1) is 10.2. The summed E-state index contributed by atoms with van der Waals surface area (Å²) in [6.07, 6.45) is 3.14. The van der Waals surface area contributed by atoms with Crippen molar-refractivity contribution >= 4 is 5.82 Å². The molecule has 118 valence electrons. The number of piperazine rings is 1. The predicted octanol–water partition coefficient (Wildman–Crippen LogP) is 2.68. The zero-order valence-electron chi connectivity index (χ0n) is 13.8. The van der Waals surface area contributed by atoms with E-state index in [1.165, 1.54) is 38.3 Å². The number of anilines is 1. The lowest BCUT2D eigenvalue weighted by molar-refractivity contribution is 0.117. The maximum Gasteiger partial charge on any atom is 0.125 e. The van der Waals surface area contributed by atoms with Gasteiger partial charge in [0.25, 0.3) is 0 Å². The molecule has 4 nitrogen and oxygen atoms in total. The summed E-state index contributed by atoms with van der Waals surface area (Å²) in [7, 11) is 0. The van der Waals surface area contributed by atoms with E-state index in [1.807, 2.05) is 6.20 Å². The molecule has 2 rings (SSSR count). The maximum atomic E-state index is 4.49. The van der Waals surface area contributed by atoms with Crippen molar-refractivity contribution in [2.45, 2.75) is 33.7 Å². The van der Waals surface area contributed by atoms with Crippen LogP contribution in [-0.4, -0.2) is 54.1 Å². The Balaban J connectivity index is 1.75. The molecule has 1 aliphatic rings. The van der Waals surface area contributed by atoms with Gasteiger partial charge in [0.15, 0.2) is 0 Å². The molecule has 0 bridgehead atoms. The second-order valence-corrected chi connectivity index (χ2v) is 6.45. The van der Waals surface area contributed by atoms with Crippen LogP contribution >= 0.6 is 0 Å². The van der Waals surface area contributed by atoms with Crippen LogP contribution < -0.4 is 5.32 Å². The van der Waals surface area contributed by atoms with Crippen molar-refractivity contribution in [3.63, 3.8) is 0 Å². The van der Waals surface area contributed by atoms with Gasteiger partial charge in [-0.2, -0.15) is 0 Å². The Labute approximate surface area is 129 Å². The number of aromatic nitrogens is 1. The van der Waals surface area contributed by atoms with Crippen molar-refractivity contribution in [3.05, 3.63) is 23.9 Å². The summed E-state index contributed by atoms with van der Waals surface area (Å²) >= 11 is 0. The van der Waals surface area contributed by atoms with E-state index in [0.717, 1.165) is 31.2 Å². The SMILES string of the molecule is CCCNc1ccc(CN2CCN(CC(C)C)CC2)cn1. The first-order valence-electron chi connectivity index (χ1n) is 8.31. The number of hydrogen-bond acceptors (Lipinski definition) is 4. The fraction of sp³-hybridized carbons (Fsp3) is 0.706. The minimum atomic E-state index is 0.768. The van der Waals surface area contributed by atoms with Crippen molar-refractivity contribution in [2.75, 3.05) is 44.6 Å². The molecule has 0 aromatic carbocycles. The lowest BCUT2D eigenvalue weighted by atomic mass is 10.2. The van der Waals surface area contributed by atoms with Crippen LogP contribution in [0.5, 0.6) is 0 Å². The fourth-order valence-corrected chi connectivity index (χ4v) is 2.78. The highest BCUT2D eigenvalue weighted by Crippen LogP contribution is 2.11. The molecule has 21 heavy (non-hydrogen) atoms. The smallest absolute Gasteiger partial charge is 0.125 e. The number of pyridine rings is 1. The molecule has 1 aromatic rings. The molecule has 0 saturated carbocycles. The molecule has 1 fully saturated rings. The second-order valence-electron chi connectivity index (χ2n) is 6.45. The second kappa shape index (κ2) is 8.35. The van der Waals surface area contributed by atoms with E-state index in [4.69, 9.17) is 0 Å². The maximum absolute atomic E-state index is 4.49. The Morgan fingerprint density at radius 2 is 1.86 bits per heavy atom. The summed E-state index contributed by atoms with van der Waals surface area (Å²) < 4.78 is 0. The summed E-state index contributed by atoms with van der Waals surface area (Å²) in [4.78, 5) is 9.60. The van der Waals surface area contributed by atoms with E-state index in [9.17, 15) is 0 Å². The predicted molar refractivity (Wildman–Crippen MR) is 89.6 cm³/mol. The van der Waals surface area contributed by atoms with Gasteiger partial charge >= 0.3 is 0 Å². The molecule has 0 aliphatic carbocycles. The van der Waals surface area contributed by atoms with E-state index in [2.05, 4.69) is 53.0 Å². The molecule has 0 spiro atoms. The van der Waals surface area contributed by atoms with Crippen LogP contribution in [0.1, 0.15) is 32.8 Å². The van der Waals surface area contributed by atoms with Crippen molar-refractivity contribution in [3.8, 4) is 0 Å². The van der Waals surface area contributed by atoms with Crippen LogP contribution in [0.3, 0.4) is 0 Å². The number of rotatable bonds is 7. The van der Waals surface area contributed by atoms with E-state index in [1.54, 1.807) is 0 Å². The van der Waals surface area contributed by atoms with E-state index < -0.39 is 0 Å². The van der Waals surface area contributed by atoms with Crippen molar-refractivity contribution in [1.82, 2.24) is 14.8 Å². The first-order valence-corrected chi connectivity index (χ1v) is 8.31. The number of nitrogens with one attached hydrogen (secondary N) is 1. The Morgan fingerprint density at radius 1 is 1.14 bits per heavy atom. The molecule has 1 aromatic heterocycles. The van der Waals surface area contributed by atoms with Crippen LogP contribution in [0.2, 0.25) is 0 Å². The Bertz CT molecular complexity index is 394. The summed E-state index contributed by atoms with van der Waals surface area (Å²) in [6, 6.07) is 4.30. The van der Waals surface area contributed by atoms with Gasteiger partial charge < -0.3 is 10.2 Å². The van der Waals surface area contributed by atoms with Gasteiger partial charge in [-0.15, -0.1) is 0 Å². The largest absolute Gasteiger partial charge is 0.370 e. The standard InChI is InChI=1S/C17H30N4/c1-4-7-18-17-6-5-16(12-19-17)14-21-10-8-20(9-11-21)13-15(2)3/h5-6,12,15H,4,7-11,13-14H2,1-3H3,(H,18,19). The Hall–Kier alpha value is -1.13. The minimum absolute atomic E-state index is 0.768. The van der Waals surface area contributed by atoms with E-state index in [0.29, 0.717) is 0 Å². The average Bonchev–Trinajstić information content (AvgIpc) is 2.48. The van der Waals surface area contributed by atoms with Gasteiger partial charge in [-0.05, 0) is 24.0 Å². The van der Waals surface area contributed by atoms with Gasteiger partial charge in [0.2, 0.25) is 0 Å². The first kappa shape index (κ1) is 16.2. The zero-order chi connectivity index (χ0) is 15.1. The fourth-order valence-electron chi connectivity index (χ4n) is 2.78. The van der Waals surface area contributed by atoms with Crippen molar-refractivity contribution in [2.24, 2.45) is 5.92 Å². The molecule has 2 heterocycles. The minimum Gasteiger partial charge on any atom is -0.370 e. The van der Waals surface area contributed by atoms with Crippen LogP contribution in [-0.2, 0) is 6.54 Å². The van der Waals surface area contributed by atoms with Crippen molar-refractivity contribution in [1.29, 1.82) is 0 Å². The van der Waals surface area contributed by atoms with Crippen LogP contribution in [0, 0.1) is 5.92 Å². The Kier molecular flexibility index (Phi) is 6.46. The molecule has 1 N–H and O–H groups in total. The van der Waals surface area contributed by atoms with Gasteiger partial charge in [0, 0.05) is 52.0 Å². The van der Waals surface area contributed by atoms with Crippen LogP contribution in [0.15, 0.2) is 18.3 Å². The topological polar surface area (TPSA) is 31.4 Å². The number of nitrogens with zero attached hydrogens (tertiary/aromatic N) is 3. The average molecular weight is 290 g/mol. The molecular weight excluding hydrogens is 260 g/mol. The summed E-state index contributed by atoms with van der Waals surface area (Å²) in [5.74, 6) is 1.76. The lowest BCUT2D eigenvalue weighted by Gasteiger charge is -2.35. The van der Waals surface area contributed by atoms with E-state index >= 15 is 0 Å². The molecular formula is C17H30N4. The molecule has 1 aliphatic heterocycles. The van der Waals surface area contributed by atoms with Crippen molar-refractivity contribution < 1.29 is 0 Å². The normalized spacial score (nSPS) is 17.3. The molecule has 4 heteroatoms. The molecule has 0 radical (unpaired) electrons. The zero-order valence-corrected chi connectivity index (χ0v) is 13.8. The quantitative estimate of drug-likeness (QED) is 0.836. The van der Waals surface area contributed by atoms with Crippen LogP contribution in [0.4, 0.5) is 5.82 Å². The highest BCUT2D eigenvalue weighted by Gasteiger charge is 2.17. The van der Waals surface area contributed by atoms with Crippen LogP contribution in [0.25, 0.3) is 0 Å². The van der Waals surface area contributed by atoms with Gasteiger partial charge in [-0.1, -0.05) is 26.8 Å². The van der Waals surface area contributed by atoms with Gasteiger partial charge in [0.1, 0.15) is 5.82 Å². The van der Waals surface area contributed by atoms with Gasteiger partial charge in [-0.3, -0.25) is 4.90 Å². The third kappa shape index (κ3) is 5.64. The third-order valence-electron chi connectivity index (χ3n) is 3.88.